The number of hydrogen-bond acceptors (Lipinski definition) is 3. The maximum atomic E-state index is 4.60. The average Bonchev–Trinajstić information content (AvgIpc) is 1.72. The third-order valence-electron chi connectivity index (χ3n) is 0.577. The van der Waals surface area contributed by atoms with Crippen molar-refractivity contribution in [2.45, 2.75) is 0 Å². The predicted molar refractivity (Wildman–Crippen MR) is 38.1 cm³/mol. The molecule has 0 rings (SSSR count). The van der Waals surface area contributed by atoms with Gasteiger partial charge in [-0.25, -0.2) is 0 Å². The van der Waals surface area contributed by atoms with E-state index in [1.165, 1.54) is 21.3 Å². The van der Waals surface area contributed by atoms with Crippen molar-refractivity contribution in [1.29, 1.82) is 0 Å². The van der Waals surface area contributed by atoms with Crippen LogP contribution in [0.3, 0.4) is 0 Å². The minimum atomic E-state index is -0.514. The monoisotopic (exact) mass is 136 g/mol. The van der Waals surface area contributed by atoms with E-state index in [0.29, 0.717) is 0 Å². The minimum absolute atomic E-state index is 0. The van der Waals surface area contributed by atoms with Gasteiger partial charge in [0.1, 0.15) is 0 Å². The van der Waals surface area contributed by atoms with Gasteiger partial charge >= 0.3 is 7.32 Å². The average molecular weight is 136 g/mol. The lowest BCUT2D eigenvalue weighted by molar-refractivity contribution is 0.163. The Bertz CT molecular complexity index is 36.0. The van der Waals surface area contributed by atoms with Gasteiger partial charge in [0, 0.05) is 21.3 Å². The molecule has 0 aliphatic rings. The molecule has 50 valence electrons. The zero-order chi connectivity index (χ0) is 5.70. The van der Waals surface area contributed by atoms with Crippen molar-refractivity contribution in [2.75, 3.05) is 21.3 Å². The topological polar surface area (TPSA) is 27.7 Å². The van der Waals surface area contributed by atoms with Crippen molar-refractivity contribution in [3.05, 3.63) is 0 Å². The first-order valence-corrected chi connectivity index (χ1v) is 1.93. The molecule has 0 saturated heterocycles. The molecule has 0 aliphatic carbocycles. The fourth-order valence-electron chi connectivity index (χ4n) is 0.289. The Hall–Kier alpha value is 0.162. The quantitative estimate of drug-likeness (QED) is 0.440. The summed E-state index contributed by atoms with van der Waals surface area (Å²) < 4.78 is 13.8. The van der Waals surface area contributed by atoms with E-state index in [9.17, 15) is 0 Å². The van der Waals surface area contributed by atoms with Gasteiger partial charge in [0.05, 0.1) is 0 Å². The fourth-order valence-corrected chi connectivity index (χ4v) is 0.289. The molecular weight excluding hydrogens is 123 g/mol. The van der Waals surface area contributed by atoms with Gasteiger partial charge in [-0.3, -0.25) is 0 Å². The zero-order valence-electron chi connectivity index (χ0n) is 4.80. The van der Waals surface area contributed by atoms with Crippen LogP contribution in [0.5, 0.6) is 0 Å². The highest BCUT2D eigenvalue weighted by molar-refractivity contribution is 6.36. The van der Waals surface area contributed by atoms with Gasteiger partial charge in [-0.15, -0.1) is 0 Å². The fraction of sp³-hybridized carbons (Fsp3) is 1.00. The minimum Gasteiger partial charge on any atom is -0.389 e. The maximum Gasteiger partial charge on any atom is 0.638 e. The van der Waals surface area contributed by atoms with E-state index in [4.69, 9.17) is 0 Å². The molecule has 0 N–H and O–H groups in total. The largest absolute Gasteiger partial charge is 0.638 e. The van der Waals surface area contributed by atoms with Crippen LogP contribution in [0.25, 0.3) is 0 Å². The summed E-state index contributed by atoms with van der Waals surface area (Å²) in [7, 11) is 4.02. The smallest absolute Gasteiger partial charge is 0.389 e. The van der Waals surface area contributed by atoms with Gasteiger partial charge in [0.15, 0.2) is 0 Å². The number of hydrogen-bond donors (Lipinski definition) is 0. The van der Waals surface area contributed by atoms with Crippen LogP contribution in [0, 0.1) is 0 Å². The predicted octanol–water partition coefficient (Wildman–Crippen LogP) is -1.54. The van der Waals surface area contributed by atoms with E-state index in [-0.39, 0.29) is 11.0 Å². The highest BCUT2D eigenvalue weighted by atomic mass is 28.1. The normalized spacial score (nSPS) is 7.88. The summed E-state index contributed by atoms with van der Waals surface area (Å²) >= 11 is 0. The standard InChI is InChI=1S/C3H9BO3.H4Si/c1-5-4(6-2)7-3;/h1-3H3;1H4. The second-order valence-corrected chi connectivity index (χ2v) is 0.996. The van der Waals surface area contributed by atoms with Gasteiger partial charge in [0.2, 0.25) is 0 Å². The van der Waals surface area contributed by atoms with Crippen molar-refractivity contribution in [3.63, 3.8) is 0 Å². The van der Waals surface area contributed by atoms with Crippen molar-refractivity contribution in [1.82, 2.24) is 0 Å². The van der Waals surface area contributed by atoms with Crippen LogP contribution in [0.1, 0.15) is 0 Å². The summed E-state index contributed by atoms with van der Waals surface area (Å²) in [5.74, 6) is 0. The van der Waals surface area contributed by atoms with E-state index in [1.54, 1.807) is 0 Å². The molecule has 0 saturated carbocycles. The van der Waals surface area contributed by atoms with E-state index >= 15 is 0 Å². The Kier molecular flexibility index (Phi) is 9.87. The second kappa shape index (κ2) is 7.16. The molecule has 5 heteroatoms. The molecule has 3 nitrogen and oxygen atoms in total. The van der Waals surface area contributed by atoms with E-state index in [1.807, 2.05) is 0 Å². The summed E-state index contributed by atoms with van der Waals surface area (Å²) in [5.41, 5.74) is 0. The summed E-state index contributed by atoms with van der Waals surface area (Å²) in [6.07, 6.45) is 0. The van der Waals surface area contributed by atoms with Gasteiger partial charge < -0.3 is 14.0 Å². The van der Waals surface area contributed by atoms with Crippen molar-refractivity contribution >= 4 is 18.3 Å². The lowest BCUT2D eigenvalue weighted by atomic mass is 10.2. The summed E-state index contributed by atoms with van der Waals surface area (Å²) in [6.45, 7) is 0. The van der Waals surface area contributed by atoms with Crippen LogP contribution in [0.15, 0.2) is 0 Å². The van der Waals surface area contributed by atoms with E-state index in [2.05, 4.69) is 14.0 Å². The SMILES string of the molecule is COB(OC)OC.[SiH4]. The molecule has 0 heterocycles. The molecule has 0 amide bonds. The third-order valence-corrected chi connectivity index (χ3v) is 0.577. The van der Waals surface area contributed by atoms with Crippen molar-refractivity contribution < 1.29 is 14.0 Å². The molecule has 8 heavy (non-hydrogen) atoms. The Morgan fingerprint density at radius 1 is 0.875 bits per heavy atom. The maximum absolute atomic E-state index is 4.60. The molecule has 0 aliphatic heterocycles. The van der Waals surface area contributed by atoms with Gasteiger partial charge in [0.25, 0.3) is 0 Å². The molecule has 0 spiro atoms. The first kappa shape index (κ1) is 11.0. The lowest BCUT2D eigenvalue weighted by Gasteiger charge is -2.01. The lowest BCUT2D eigenvalue weighted by Crippen LogP contribution is -2.21. The van der Waals surface area contributed by atoms with Crippen LogP contribution in [0.4, 0.5) is 0 Å². The van der Waals surface area contributed by atoms with Crippen LogP contribution < -0.4 is 0 Å². The molecule has 0 bridgehead atoms. The first-order valence-electron chi connectivity index (χ1n) is 1.93. The molecule has 0 radical (unpaired) electrons. The molecular formula is C3H13BO3Si. The summed E-state index contributed by atoms with van der Waals surface area (Å²) in [4.78, 5) is 0. The zero-order valence-corrected chi connectivity index (χ0v) is 4.80. The highest BCUT2D eigenvalue weighted by Gasteiger charge is 2.12. The Morgan fingerprint density at radius 2 is 1.12 bits per heavy atom. The van der Waals surface area contributed by atoms with E-state index in [0.717, 1.165) is 0 Å². The summed E-state index contributed by atoms with van der Waals surface area (Å²) in [6, 6.07) is 0. The van der Waals surface area contributed by atoms with Gasteiger partial charge in [-0.05, 0) is 11.0 Å². The Balaban J connectivity index is 0. The van der Waals surface area contributed by atoms with Crippen LogP contribution in [-0.2, 0) is 14.0 Å². The Morgan fingerprint density at radius 3 is 1.12 bits per heavy atom. The van der Waals surface area contributed by atoms with Gasteiger partial charge in [-0.1, -0.05) is 0 Å². The molecule has 0 aromatic carbocycles. The van der Waals surface area contributed by atoms with Crippen LogP contribution in [-0.4, -0.2) is 39.6 Å². The van der Waals surface area contributed by atoms with E-state index < -0.39 is 7.32 Å². The molecule has 0 atom stereocenters. The van der Waals surface area contributed by atoms with Crippen molar-refractivity contribution in [3.8, 4) is 0 Å². The van der Waals surface area contributed by atoms with Crippen LogP contribution in [0.2, 0.25) is 0 Å². The molecule has 0 unspecified atom stereocenters. The Labute approximate surface area is 54.5 Å². The summed E-state index contributed by atoms with van der Waals surface area (Å²) in [5, 5.41) is 0. The number of rotatable bonds is 3. The van der Waals surface area contributed by atoms with Gasteiger partial charge in [-0.2, -0.15) is 0 Å². The van der Waals surface area contributed by atoms with Crippen molar-refractivity contribution in [2.24, 2.45) is 0 Å². The molecule has 0 fully saturated rings. The third kappa shape index (κ3) is 4.32. The molecule has 0 aromatic rings. The molecule has 0 aromatic heterocycles. The van der Waals surface area contributed by atoms with Crippen LogP contribution >= 0.6 is 0 Å². The second-order valence-electron chi connectivity index (χ2n) is 0.996. The first-order chi connectivity index (χ1) is 3.35. The highest BCUT2D eigenvalue weighted by Crippen LogP contribution is 1.81.